The van der Waals surface area contributed by atoms with Crippen molar-refractivity contribution in [2.24, 2.45) is 5.92 Å². The van der Waals surface area contributed by atoms with Crippen LogP contribution in [0.1, 0.15) is 18.7 Å². The summed E-state index contributed by atoms with van der Waals surface area (Å²) in [5.74, 6) is 0.736. The second-order valence-corrected chi connectivity index (χ2v) is 5.39. The summed E-state index contributed by atoms with van der Waals surface area (Å²) in [4.78, 5) is 27.2. The minimum Gasteiger partial charge on any atom is -0.467 e. The lowest BCUT2D eigenvalue weighted by molar-refractivity contribution is 0.0175. The molecule has 2 N–H and O–H groups in total. The topological polar surface area (TPSA) is 77.8 Å². The number of fused-ring (bicyclic) bond motifs is 1. The Balaban J connectivity index is 2.02. The molecular formula is C13H18N4O3. The number of nitrogens with one attached hydrogen (secondary N) is 2. The maximum Gasteiger partial charge on any atom is 0.319 e. The lowest BCUT2D eigenvalue weighted by Gasteiger charge is -2.51. The molecule has 20 heavy (non-hydrogen) atoms. The number of furan rings is 1. The van der Waals surface area contributed by atoms with Gasteiger partial charge in [0.15, 0.2) is 0 Å². The van der Waals surface area contributed by atoms with E-state index in [4.69, 9.17) is 4.42 Å². The van der Waals surface area contributed by atoms with Gasteiger partial charge in [0.2, 0.25) is 0 Å². The molecule has 2 saturated heterocycles. The number of rotatable bonds is 1. The summed E-state index contributed by atoms with van der Waals surface area (Å²) in [6, 6.07) is 3.01. The Hall–Kier alpha value is -2.18. The van der Waals surface area contributed by atoms with Crippen LogP contribution < -0.4 is 10.6 Å². The number of carbonyl (C=O) groups excluding carboxylic acids is 2. The first-order valence-electron chi connectivity index (χ1n) is 6.60. The van der Waals surface area contributed by atoms with Gasteiger partial charge in [-0.05, 0) is 19.1 Å². The Morgan fingerprint density at radius 3 is 2.50 bits per heavy atom. The highest BCUT2D eigenvalue weighted by molar-refractivity contribution is 5.80. The maximum absolute atomic E-state index is 12.1. The fourth-order valence-corrected chi connectivity index (χ4v) is 3.14. The molecule has 108 valence electrons. The molecule has 7 nitrogen and oxygen atoms in total. The first-order chi connectivity index (χ1) is 9.50. The third-order valence-corrected chi connectivity index (χ3v) is 4.24. The molecule has 2 fully saturated rings. The molecule has 0 saturated carbocycles. The molecule has 0 bridgehead atoms. The quantitative estimate of drug-likeness (QED) is 0.803. The van der Waals surface area contributed by atoms with Crippen LogP contribution in [0.2, 0.25) is 0 Å². The van der Waals surface area contributed by atoms with Gasteiger partial charge in [0.05, 0.1) is 12.3 Å². The van der Waals surface area contributed by atoms with Gasteiger partial charge in [0.1, 0.15) is 11.9 Å². The number of carbonyl (C=O) groups is 2. The molecule has 0 spiro atoms. The molecule has 4 atom stereocenters. The molecule has 0 radical (unpaired) electrons. The second kappa shape index (κ2) is 4.43. The van der Waals surface area contributed by atoms with E-state index in [1.807, 2.05) is 13.0 Å². The summed E-state index contributed by atoms with van der Waals surface area (Å²) in [6.45, 7) is 1.95. The molecule has 1 aromatic rings. The third kappa shape index (κ3) is 1.73. The Morgan fingerprint density at radius 1 is 1.15 bits per heavy atom. The number of hydrogen-bond donors (Lipinski definition) is 2. The van der Waals surface area contributed by atoms with Crippen LogP contribution in [0, 0.1) is 5.92 Å². The van der Waals surface area contributed by atoms with Gasteiger partial charge < -0.3 is 24.9 Å². The van der Waals surface area contributed by atoms with Crippen molar-refractivity contribution in [2.75, 3.05) is 14.1 Å². The monoisotopic (exact) mass is 278 g/mol. The lowest BCUT2D eigenvalue weighted by Crippen LogP contribution is -2.71. The molecule has 2 aliphatic rings. The van der Waals surface area contributed by atoms with Crippen LogP contribution in [-0.2, 0) is 0 Å². The van der Waals surface area contributed by atoms with E-state index in [1.165, 1.54) is 4.90 Å². The SMILES string of the molecule is C[C@@H]1NC(=O)N(C)[C@H]2NC(=O)N(C)[C@@H](c3ccco3)[C@H]12. The average Bonchev–Trinajstić information content (AvgIpc) is 2.92. The minimum absolute atomic E-state index is 0.00606. The standard InChI is InChI=1S/C13H18N4O3/c1-7-9-10(8-5-4-6-20-8)16(2)13(19)15-11(9)17(3)12(18)14-7/h4-7,9-11H,1-3H3,(H,14,18)(H,15,19)/t7-,9-,10-,11+/m0/s1. The first kappa shape index (κ1) is 12.8. The van der Waals surface area contributed by atoms with E-state index in [2.05, 4.69) is 10.6 Å². The Kier molecular flexibility index (Phi) is 2.84. The summed E-state index contributed by atoms with van der Waals surface area (Å²) in [5.41, 5.74) is 0. The van der Waals surface area contributed by atoms with Crippen molar-refractivity contribution in [2.45, 2.75) is 25.2 Å². The number of urea groups is 2. The van der Waals surface area contributed by atoms with Crippen LogP contribution in [0.15, 0.2) is 22.8 Å². The Bertz CT molecular complexity index is 530. The highest BCUT2D eigenvalue weighted by Gasteiger charge is 2.50. The molecule has 0 aromatic carbocycles. The number of nitrogens with zero attached hydrogens (tertiary/aromatic N) is 2. The average molecular weight is 278 g/mol. The van der Waals surface area contributed by atoms with Gasteiger partial charge in [-0.25, -0.2) is 9.59 Å². The van der Waals surface area contributed by atoms with Crippen LogP contribution in [0.3, 0.4) is 0 Å². The highest BCUT2D eigenvalue weighted by Crippen LogP contribution is 2.38. The van der Waals surface area contributed by atoms with Crippen molar-refractivity contribution in [3.63, 3.8) is 0 Å². The van der Waals surface area contributed by atoms with Gasteiger partial charge >= 0.3 is 12.1 Å². The van der Waals surface area contributed by atoms with Crippen molar-refractivity contribution in [3.05, 3.63) is 24.2 Å². The lowest BCUT2D eigenvalue weighted by atomic mass is 9.83. The summed E-state index contributed by atoms with van der Waals surface area (Å²) < 4.78 is 5.50. The predicted molar refractivity (Wildman–Crippen MR) is 70.8 cm³/mol. The van der Waals surface area contributed by atoms with Crippen molar-refractivity contribution < 1.29 is 14.0 Å². The summed E-state index contributed by atoms with van der Waals surface area (Å²) in [7, 11) is 3.42. The summed E-state index contributed by atoms with van der Waals surface area (Å²) >= 11 is 0. The molecule has 3 rings (SSSR count). The molecule has 7 heteroatoms. The Labute approximate surface area is 116 Å². The largest absolute Gasteiger partial charge is 0.467 e. The van der Waals surface area contributed by atoms with Gasteiger partial charge in [-0.2, -0.15) is 0 Å². The van der Waals surface area contributed by atoms with Gasteiger partial charge in [0.25, 0.3) is 0 Å². The molecule has 0 aliphatic carbocycles. The highest BCUT2D eigenvalue weighted by atomic mass is 16.3. The van der Waals surface area contributed by atoms with Crippen molar-refractivity contribution in [3.8, 4) is 0 Å². The minimum atomic E-state index is -0.336. The van der Waals surface area contributed by atoms with Crippen LogP contribution >= 0.6 is 0 Å². The molecule has 1 aromatic heterocycles. The Morgan fingerprint density at radius 2 is 1.85 bits per heavy atom. The van der Waals surface area contributed by atoms with E-state index < -0.39 is 0 Å². The van der Waals surface area contributed by atoms with E-state index in [-0.39, 0.29) is 36.2 Å². The van der Waals surface area contributed by atoms with E-state index in [0.717, 1.165) is 5.76 Å². The van der Waals surface area contributed by atoms with E-state index in [0.29, 0.717) is 0 Å². The maximum atomic E-state index is 12.1. The molecule has 4 amide bonds. The molecule has 2 aliphatic heterocycles. The van der Waals surface area contributed by atoms with Crippen LogP contribution in [0.4, 0.5) is 9.59 Å². The summed E-state index contributed by atoms with van der Waals surface area (Å²) in [6.07, 6.45) is 1.26. The van der Waals surface area contributed by atoms with Crippen LogP contribution in [0.5, 0.6) is 0 Å². The number of hydrogen-bond acceptors (Lipinski definition) is 3. The smallest absolute Gasteiger partial charge is 0.319 e. The fourth-order valence-electron chi connectivity index (χ4n) is 3.14. The molecule has 3 heterocycles. The predicted octanol–water partition coefficient (Wildman–Crippen LogP) is 0.961. The molecule has 0 unspecified atom stereocenters. The van der Waals surface area contributed by atoms with E-state index >= 15 is 0 Å². The van der Waals surface area contributed by atoms with Gasteiger partial charge in [-0.1, -0.05) is 0 Å². The summed E-state index contributed by atoms with van der Waals surface area (Å²) in [5, 5.41) is 5.80. The normalized spacial score (nSPS) is 33.5. The first-order valence-corrected chi connectivity index (χ1v) is 6.60. The zero-order valence-electron chi connectivity index (χ0n) is 11.7. The molecular weight excluding hydrogens is 260 g/mol. The van der Waals surface area contributed by atoms with Gasteiger partial charge in [-0.3, -0.25) is 0 Å². The van der Waals surface area contributed by atoms with Crippen LogP contribution in [0.25, 0.3) is 0 Å². The number of amides is 4. The van der Waals surface area contributed by atoms with Crippen molar-refractivity contribution in [1.29, 1.82) is 0 Å². The zero-order valence-corrected chi connectivity index (χ0v) is 11.7. The van der Waals surface area contributed by atoms with Crippen molar-refractivity contribution >= 4 is 12.1 Å². The van der Waals surface area contributed by atoms with Crippen LogP contribution in [-0.4, -0.2) is 48.2 Å². The fraction of sp³-hybridized carbons (Fsp3) is 0.538. The van der Waals surface area contributed by atoms with Gasteiger partial charge in [-0.15, -0.1) is 0 Å². The third-order valence-electron chi connectivity index (χ3n) is 4.24. The van der Waals surface area contributed by atoms with E-state index in [1.54, 1.807) is 31.3 Å². The van der Waals surface area contributed by atoms with Gasteiger partial charge in [0, 0.05) is 26.1 Å². The van der Waals surface area contributed by atoms with E-state index in [9.17, 15) is 9.59 Å². The zero-order chi connectivity index (χ0) is 14.4. The van der Waals surface area contributed by atoms with Crippen molar-refractivity contribution in [1.82, 2.24) is 20.4 Å². The second-order valence-electron chi connectivity index (χ2n) is 5.39.